The molecule has 7 atom stereocenters. The Morgan fingerprint density at radius 3 is 2.53 bits per heavy atom. The molecule has 1 aromatic carbocycles. The standard InChI is InChI=1S/C19H22F2N4O7/c1-9(27)23-13-14(25-11(7-22-24-25)10-5-3-2-4-6-10)17(20)19(21,18(30)31)32-16(13)15(29)12(28)8-26/h2-7,12-17,26,28-29H,8H2,1H3,(H,23,27)(H,30,31)/t12-,13-,14-,15-,16-,17?,19?/m1/s1. The zero-order valence-corrected chi connectivity index (χ0v) is 16.7. The van der Waals surface area contributed by atoms with Gasteiger partial charge in [0.05, 0.1) is 24.5 Å². The SMILES string of the molecule is CC(=O)N[C@H]1[C@H]([C@H](O)[C@H](O)CO)OC(F)(C(=O)O)C(F)[C@@H]1n1nncc1-c1ccccc1. The Bertz CT molecular complexity index is 962. The number of ether oxygens (including phenoxy) is 1. The van der Waals surface area contributed by atoms with Crippen LogP contribution in [0.1, 0.15) is 13.0 Å². The molecule has 0 bridgehead atoms. The van der Waals surface area contributed by atoms with E-state index in [0.29, 0.717) is 5.56 Å². The number of carbonyl (C=O) groups excluding carboxylic acids is 1. The third-order valence-corrected chi connectivity index (χ3v) is 5.19. The Kier molecular flexibility index (Phi) is 6.83. The van der Waals surface area contributed by atoms with Crippen LogP contribution in [0.3, 0.4) is 0 Å². The minimum Gasteiger partial charge on any atom is -0.477 e. The largest absolute Gasteiger partial charge is 0.477 e. The molecule has 1 aliphatic heterocycles. The van der Waals surface area contributed by atoms with E-state index >= 15 is 8.78 Å². The summed E-state index contributed by atoms with van der Waals surface area (Å²) < 4.78 is 36.5. The van der Waals surface area contributed by atoms with Gasteiger partial charge in [-0.05, 0) is 0 Å². The Morgan fingerprint density at radius 1 is 1.31 bits per heavy atom. The summed E-state index contributed by atoms with van der Waals surface area (Å²) in [6.07, 6.45) is -7.67. The van der Waals surface area contributed by atoms with Gasteiger partial charge in [-0.2, -0.15) is 4.39 Å². The maximum atomic E-state index is 15.5. The summed E-state index contributed by atoms with van der Waals surface area (Å²) >= 11 is 0. The number of carboxylic acids is 1. The van der Waals surface area contributed by atoms with Crippen molar-refractivity contribution in [1.29, 1.82) is 0 Å². The fourth-order valence-electron chi connectivity index (χ4n) is 3.67. The fourth-order valence-corrected chi connectivity index (χ4v) is 3.67. The molecule has 0 aliphatic carbocycles. The van der Waals surface area contributed by atoms with Gasteiger partial charge in [-0.25, -0.2) is 13.9 Å². The first-order valence-electron chi connectivity index (χ1n) is 9.55. The molecule has 2 aromatic rings. The lowest BCUT2D eigenvalue weighted by Gasteiger charge is -2.47. The minimum atomic E-state index is -3.97. The molecule has 0 spiro atoms. The van der Waals surface area contributed by atoms with Crippen molar-refractivity contribution < 1.29 is 43.5 Å². The summed E-state index contributed by atoms with van der Waals surface area (Å²) in [7, 11) is 0. The molecule has 5 N–H and O–H groups in total. The Labute approximate surface area is 180 Å². The predicted molar refractivity (Wildman–Crippen MR) is 102 cm³/mol. The third kappa shape index (κ3) is 4.19. The number of aliphatic carboxylic acids is 1. The van der Waals surface area contributed by atoms with E-state index in [2.05, 4.69) is 15.6 Å². The van der Waals surface area contributed by atoms with E-state index in [4.69, 9.17) is 4.74 Å². The Morgan fingerprint density at radius 2 is 1.97 bits per heavy atom. The second kappa shape index (κ2) is 9.24. The van der Waals surface area contributed by atoms with Crippen LogP contribution >= 0.6 is 0 Å². The van der Waals surface area contributed by atoms with Gasteiger partial charge in [-0.15, -0.1) is 5.10 Å². The van der Waals surface area contributed by atoms with Crippen molar-refractivity contribution in [2.45, 2.75) is 49.3 Å². The van der Waals surface area contributed by atoms with E-state index < -0.39 is 60.9 Å². The normalized spacial score (nSPS) is 29.8. The number of halogens is 2. The molecule has 32 heavy (non-hydrogen) atoms. The van der Waals surface area contributed by atoms with Gasteiger partial charge in [0.2, 0.25) is 5.91 Å². The van der Waals surface area contributed by atoms with Gasteiger partial charge in [-0.1, -0.05) is 35.5 Å². The molecule has 3 rings (SSSR count). The van der Waals surface area contributed by atoms with Crippen molar-refractivity contribution in [1.82, 2.24) is 20.3 Å². The van der Waals surface area contributed by atoms with Gasteiger partial charge in [0.25, 0.3) is 0 Å². The zero-order chi connectivity index (χ0) is 23.6. The van der Waals surface area contributed by atoms with Crippen LogP contribution < -0.4 is 5.32 Å². The van der Waals surface area contributed by atoms with E-state index in [1.54, 1.807) is 30.3 Å². The Balaban J connectivity index is 2.19. The summed E-state index contributed by atoms with van der Waals surface area (Å²) in [4.78, 5) is 23.5. The fraction of sp³-hybridized carbons (Fsp3) is 0.474. The van der Waals surface area contributed by atoms with E-state index in [-0.39, 0.29) is 5.69 Å². The van der Waals surface area contributed by atoms with Crippen molar-refractivity contribution in [2.24, 2.45) is 0 Å². The smallest absolute Gasteiger partial charge is 0.372 e. The summed E-state index contributed by atoms with van der Waals surface area (Å²) in [5, 5.41) is 48.6. The average Bonchev–Trinajstić information content (AvgIpc) is 3.24. The second-order valence-electron chi connectivity index (χ2n) is 7.32. The van der Waals surface area contributed by atoms with Crippen LogP contribution in [0.25, 0.3) is 11.3 Å². The zero-order valence-electron chi connectivity index (χ0n) is 16.7. The van der Waals surface area contributed by atoms with Crippen LogP contribution in [0.4, 0.5) is 8.78 Å². The molecular formula is C19H22F2N4O7. The molecule has 0 radical (unpaired) electrons. The Hall–Kier alpha value is -3.00. The number of alkyl halides is 2. The van der Waals surface area contributed by atoms with Crippen LogP contribution in [0.5, 0.6) is 0 Å². The first-order valence-corrected chi connectivity index (χ1v) is 9.55. The number of aliphatic hydroxyl groups excluding tert-OH is 3. The number of amides is 1. The molecule has 174 valence electrons. The number of benzene rings is 1. The van der Waals surface area contributed by atoms with Gasteiger partial charge in [0.1, 0.15) is 24.4 Å². The lowest BCUT2D eigenvalue weighted by atomic mass is 9.85. The quantitative estimate of drug-likeness (QED) is 0.358. The first kappa shape index (κ1) is 23.7. The molecular weight excluding hydrogens is 434 g/mol. The molecule has 11 nitrogen and oxygen atoms in total. The summed E-state index contributed by atoms with van der Waals surface area (Å²) in [6.45, 7) is 0.0621. The third-order valence-electron chi connectivity index (χ3n) is 5.19. The van der Waals surface area contributed by atoms with Crippen molar-refractivity contribution >= 4 is 11.9 Å². The van der Waals surface area contributed by atoms with E-state index in [1.165, 1.54) is 6.20 Å². The number of nitrogens with one attached hydrogen (secondary N) is 1. The minimum absolute atomic E-state index is 0.166. The van der Waals surface area contributed by atoms with Crippen molar-refractivity contribution in [3.8, 4) is 11.3 Å². The van der Waals surface area contributed by atoms with Gasteiger partial charge >= 0.3 is 11.8 Å². The van der Waals surface area contributed by atoms with Crippen LogP contribution in [0.15, 0.2) is 36.5 Å². The number of aromatic nitrogens is 3. The summed E-state index contributed by atoms with van der Waals surface area (Å²) in [6, 6.07) is 4.81. The van der Waals surface area contributed by atoms with Crippen molar-refractivity contribution in [3.05, 3.63) is 36.5 Å². The molecule has 1 aromatic heterocycles. The second-order valence-corrected chi connectivity index (χ2v) is 7.32. The highest BCUT2D eigenvalue weighted by Gasteiger charge is 2.64. The molecule has 2 heterocycles. The van der Waals surface area contributed by atoms with Gasteiger partial charge < -0.3 is 30.5 Å². The highest BCUT2D eigenvalue weighted by atomic mass is 19.2. The molecule has 2 unspecified atom stereocenters. The van der Waals surface area contributed by atoms with Crippen LogP contribution in [-0.4, -0.2) is 90.3 Å². The number of carboxylic acid groups (broad SMARTS) is 1. The molecule has 13 heteroatoms. The molecule has 1 aliphatic rings. The summed E-state index contributed by atoms with van der Waals surface area (Å²) in [5.74, 6) is -7.04. The highest BCUT2D eigenvalue weighted by Crippen LogP contribution is 2.42. The lowest BCUT2D eigenvalue weighted by molar-refractivity contribution is -0.283. The number of hydrogen-bond donors (Lipinski definition) is 5. The first-order chi connectivity index (χ1) is 15.1. The number of rotatable bonds is 7. The number of aliphatic hydroxyl groups is 3. The number of carbonyl (C=O) groups is 2. The maximum absolute atomic E-state index is 15.5. The highest BCUT2D eigenvalue weighted by molar-refractivity contribution is 5.77. The van der Waals surface area contributed by atoms with Gasteiger partial charge in [-0.3, -0.25) is 4.79 Å². The van der Waals surface area contributed by atoms with Crippen molar-refractivity contribution in [3.63, 3.8) is 0 Å². The van der Waals surface area contributed by atoms with E-state index in [9.17, 15) is 30.0 Å². The molecule has 1 saturated heterocycles. The molecule has 1 fully saturated rings. The molecule has 1 amide bonds. The van der Waals surface area contributed by atoms with E-state index in [1.807, 2.05) is 0 Å². The molecule has 0 saturated carbocycles. The van der Waals surface area contributed by atoms with Crippen LogP contribution in [0, 0.1) is 0 Å². The van der Waals surface area contributed by atoms with Crippen LogP contribution in [-0.2, 0) is 14.3 Å². The van der Waals surface area contributed by atoms with Crippen molar-refractivity contribution in [2.75, 3.05) is 6.61 Å². The van der Waals surface area contributed by atoms with Gasteiger partial charge in [0.15, 0.2) is 6.17 Å². The predicted octanol–water partition coefficient (Wildman–Crippen LogP) is -0.808. The van der Waals surface area contributed by atoms with E-state index in [0.717, 1.165) is 11.6 Å². The van der Waals surface area contributed by atoms with Gasteiger partial charge in [0, 0.05) is 12.5 Å². The number of hydrogen-bond acceptors (Lipinski definition) is 8. The average molecular weight is 456 g/mol. The maximum Gasteiger partial charge on any atom is 0.372 e. The number of nitrogens with zero attached hydrogens (tertiary/aromatic N) is 3. The topological polar surface area (TPSA) is 167 Å². The lowest BCUT2D eigenvalue weighted by Crippen LogP contribution is -2.69. The van der Waals surface area contributed by atoms with Crippen LogP contribution in [0.2, 0.25) is 0 Å². The summed E-state index contributed by atoms with van der Waals surface area (Å²) in [5.41, 5.74) is 0.643. The monoisotopic (exact) mass is 456 g/mol.